The summed E-state index contributed by atoms with van der Waals surface area (Å²) in [5.41, 5.74) is 0.338. The Labute approximate surface area is 154 Å². The van der Waals surface area contributed by atoms with Gasteiger partial charge in [0.1, 0.15) is 17.7 Å². The minimum absolute atomic E-state index is 0.140. The first kappa shape index (κ1) is 17.8. The fourth-order valence-corrected chi connectivity index (χ4v) is 3.21. The van der Waals surface area contributed by atoms with Crippen molar-refractivity contribution in [1.29, 1.82) is 0 Å². The van der Waals surface area contributed by atoms with Gasteiger partial charge >= 0.3 is 0 Å². The predicted octanol–water partition coefficient (Wildman–Crippen LogP) is 3.71. The average Bonchev–Trinajstić information content (AvgIpc) is 2.57. The Morgan fingerprint density at radius 1 is 1.32 bits per heavy atom. The number of hydrogen-bond donors (Lipinski definition) is 1. The van der Waals surface area contributed by atoms with Gasteiger partial charge in [0.25, 0.3) is 5.91 Å². The average molecular weight is 408 g/mol. The topological polar surface area (TPSA) is 54.5 Å². The van der Waals surface area contributed by atoms with Crippen molar-refractivity contribution in [3.05, 3.63) is 52.3 Å². The molecule has 0 bridgehead atoms. The highest BCUT2D eigenvalue weighted by molar-refractivity contribution is 9.10. The molecule has 2 aromatic rings. The third kappa shape index (κ3) is 4.76. The second-order valence-electron chi connectivity index (χ2n) is 6.06. The molecule has 3 rings (SSSR count). The van der Waals surface area contributed by atoms with E-state index in [0.717, 1.165) is 25.9 Å². The van der Waals surface area contributed by atoms with E-state index in [1.54, 1.807) is 18.2 Å². The van der Waals surface area contributed by atoms with Crippen molar-refractivity contribution in [3.63, 3.8) is 0 Å². The summed E-state index contributed by atoms with van der Waals surface area (Å²) in [7, 11) is 2.10. The molecule has 0 spiro atoms. The highest BCUT2D eigenvalue weighted by atomic mass is 79.9. The Morgan fingerprint density at radius 2 is 2.08 bits per heavy atom. The number of piperidine rings is 1. The Hall–Kier alpha value is -1.99. The Kier molecular flexibility index (Phi) is 5.65. The van der Waals surface area contributed by atoms with Crippen LogP contribution in [0, 0.1) is 5.82 Å². The lowest BCUT2D eigenvalue weighted by Gasteiger charge is -2.28. The first-order valence-electron chi connectivity index (χ1n) is 8.10. The van der Waals surface area contributed by atoms with Crippen molar-refractivity contribution >= 4 is 27.7 Å². The van der Waals surface area contributed by atoms with E-state index in [4.69, 9.17) is 4.74 Å². The van der Waals surface area contributed by atoms with Crippen LogP contribution in [0.15, 0.2) is 40.9 Å². The van der Waals surface area contributed by atoms with Gasteiger partial charge in [0.05, 0.1) is 5.56 Å². The van der Waals surface area contributed by atoms with Crippen LogP contribution in [0.5, 0.6) is 5.88 Å². The number of rotatable bonds is 4. The highest BCUT2D eigenvalue weighted by Crippen LogP contribution is 2.21. The molecule has 1 N–H and O–H groups in total. The third-order valence-corrected chi connectivity index (χ3v) is 4.75. The van der Waals surface area contributed by atoms with Crippen LogP contribution < -0.4 is 10.1 Å². The molecule has 2 heterocycles. The number of aromatic nitrogens is 1. The van der Waals surface area contributed by atoms with E-state index in [2.05, 4.69) is 38.2 Å². The van der Waals surface area contributed by atoms with Gasteiger partial charge in [-0.05, 0) is 60.1 Å². The lowest BCUT2D eigenvalue weighted by atomic mass is 10.1. The lowest BCUT2D eigenvalue weighted by molar-refractivity contribution is 0.102. The third-order valence-electron chi connectivity index (χ3n) is 4.09. The van der Waals surface area contributed by atoms with Crippen LogP contribution in [0.2, 0.25) is 0 Å². The maximum atomic E-state index is 13.1. The molecule has 1 saturated heterocycles. The number of nitrogens with zero attached hydrogens (tertiary/aromatic N) is 2. The number of nitrogens with one attached hydrogen (secondary N) is 1. The minimum Gasteiger partial charge on any atom is -0.474 e. The molecule has 1 aromatic heterocycles. The molecule has 1 aromatic carbocycles. The molecule has 7 heteroatoms. The molecular formula is C18H19BrFN3O2. The molecule has 0 atom stereocenters. The van der Waals surface area contributed by atoms with E-state index in [1.165, 1.54) is 18.2 Å². The van der Waals surface area contributed by atoms with Crippen LogP contribution in [-0.2, 0) is 0 Å². The maximum absolute atomic E-state index is 13.1. The SMILES string of the molecule is CN1CCC(Oc2cccc(NC(=O)c3ccc(F)cc3Br)n2)CC1. The predicted molar refractivity (Wildman–Crippen MR) is 97.4 cm³/mol. The smallest absolute Gasteiger partial charge is 0.257 e. The van der Waals surface area contributed by atoms with Crippen LogP contribution in [0.4, 0.5) is 10.2 Å². The van der Waals surface area contributed by atoms with E-state index in [0.29, 0.717) is 21.7 Å². The quantitative estimate of drug-likeness (QED) is 0.838. The van der Waals surface area contributed by atoms with Crippen molar-refractivity contribution < 1.29 is 13.9 Å². The highest BCUT2D eigenvalue weighted by Gasteiger charge is 2.19. The Bertz CT molecular complexity index is 764. The number of hydrogen-bond acceptors (Lipinski definition) is 4. The molecule has 25 heavy (non-hydrogen) atoms. The summed E-state index contributed by atoms with van der Waals surface area (Å²) in [6.45, 7) is 2.00. The zero-order valence-electron chi connectivity index (χ0n) is 13.8. The van der Waals surface area contributed by atoms with Crippen molar-refractivity contribution in [2.45, 2.75) is 18.9 Å². The number of halogens is 2. The van der Waals surface area contributed by atoms with Crippen LogP contribution in [0.3, 0.4) is 0 Å². The molecule has 0 saturated carbocycles. The van der Waals surface area contributed by atoms with Crippen molar-refractivity contribution in [3.8, 4) is 5.88 Å². The van der Waals surface area contributed by atoms with Gasteiger partial charge in [0.15, 0.2) is 0 Å². The van der Waals surface area contributed by atoms with Gasteiger partial charge in [-0.25, -0.2) is 4.39 Å². The first-order valence-corrected chi connectivity index (χ1v) is 8.89. The standard InChI is InChI=1S/C18H19BrFN3O2/c1-23-9-7-13(8-10-23)25-17-4-2-3-16(21-17)22-18(24)14-6-5-12(20)11-15(14)19/h2-6,11,13H,7-10H2,1H3,(H,21,22,24). The second kappa shape index (κ2) is 7.93. The number of carbonyl (C=O) groups excluding carboxylic acids is 1. The molecule has 0 aliphatic carbocycles. The van der Waals surface area contributed by atoms with E-state index >= 15 is 0 Å². The number of pyridine rings is 1. The van der Waals surface area contributed by atoms with Gasteiger partial charge in [0.2, 0.25) is 5.88 Å². The van der Waals surface area contributed by atoms with E-state index in [-0.39, 0.29) is 12.0 Å². The summed E-state index contributed by atoms with van der Waals surface area (Å²) in [6, 6.07) is 9.17. The van der Waals surface area contributed by atoms with Crippen LogP contribution >= 0.6 is 15.9 Å². The monoisotopic (exact) mass is 407 g/mol. The summed E-state index contributed by atoms with van der Waals surface area (Å²) < 4.78 is 19.5. The van der Waals surface area contributed by atoms with Gasteiger partial charge in [-0.1, -0.05) is 6.07 Å². The van der Waals surface area contributed by atoms with E-state index < -0.39 is 5.82 Å². The van der Waals surface area contributed by atoms with Gasteiger partial charge in [-0.3, -0.25) is 4.79 Å². The molecule has 5 nitrogen and oxygen atoms in total. The molecule has 0 unspecified atom stereocenters. The van der Waals surface area contributed by atoms with Crippen molar-refractivity contribution in [1.82, 2.24) is 9.88 Å². The van der Waals surface area contributed by atoms with Gasteiger partial charge < -0.3 is 15.0 Å². The molecule has 0 radical (unpaired) electrons. The Morgan fingerprint density at radius 3 is 2.80 bits per heavy atom. The summed E-state index contributed by atoms with van der Waals surface area (Å²) in [5.74, 6) is 0.114. The number of benzene rings is 1. The second-order valence-corrected chi connectivity index (χ2v) is 6.91. The zero-order valence-corrected chi connectivity index (χ0v) is 15.4. The van der Waals surface area contributed by atoms with E-state index in [9.17, 15) is 9.18 Å². The number of ether oxygens (including phenoxy) is 1. The lowest BCUT2D eigenvalue weighted by Crippen LogP contribution is -2.35. The van der Waals surface area contributed by atoms with Crippen LogP contribution in [0.25, 0.3) is 0 Å². The molecule has 1 amide bonds. The summed E-state index contributed by atoms with van der Waals surface area (Å²) >= 11 is 3.20. The van der Waals surface area contributed by atoms with Crippen LogP contribution in [0.1, 0.15) is 23.2 Å². The number of likely N-dealkylation sites (tertiary alicyclic amines) is 1. The summed E-state index contributed by atoms with van der Waals surface area (Å²) in [6.07, 6.45) is 2.05. The number of anilines is 1. The van der Waals surface area contributed by atoms with Crippen molar-refractivity contribution in [2.75, 3.05) is 25.5 Å². The van der Waals surface area contributed by atoms with Crippen molar-refractivity contribution in [2.24, 2.45) is 0 Å². The molecular weight excluding hydrogens is 389 g/mol. The zero-order chi connectivity index (χ0) is 17.8. The largest absolute Gasteiger partial charge is 0.474 e. The van der Waals surface area contributed by atoms with E-state index in [1.807, 2.05) is 0 Å². The fraction of sp³-hybridized carbons (Fsp3) is 0.333. The molecule has 1 fully saturated rings. The molecule has 1 aliphatic heterocycles. The van der Waals surface area contributed by atoms with Gasteiger partial charge in [-0.15, -0.1) is 0 Å². The first-order chi connectivity index (χ1) is 12.0. The normalized spacial score (nSPS) is 15.8. The number of amides is 1. The Balaban J connectivity index is 1.66. The van der Waals surface area contributed by atoms with Crippen LogP contribution in [-0.4, -0.2) is 42.0 Å². The van der Waals surface area contributed by atoms with Gasteiger partial charge in [-0.2, -0.15) is 4.98 Å². The van der Waals surface area contributed by atoms with Gasteiger partial charge in [0, 0.05) is 23.6 Å². The maximum Gasteiger partial charge on any atom is 0.257 e. The summed E-state index contributed by atoms with van der Waals surface area (Å²) in [5, 5.41) is 2.71. The minimum atomic E-state index is -0.407. The molecule has 132 valence electrons. The summed E-state index contributed by atoms with van der Waals surface area (Å²) in [4.78, 5) is 18.9. The fourth-order valence-electron chi connectivity index (χ4n) is 2.68. The molecule has 1 aliphatic rings. The number of carbonyl (C=O) groups is 1.